The number of benzene rings is 2. The van der Waals surface area contributed by atoms with Crippen molar-refractivity contribution in [1.29, 1.82) is 0 Å². The highest BCUT2D eigenvalue weighted by molar-refractivity contribution is 6.04. The zero-order chi connectivity index (χ0) is 21.5. The van der Waals surface area contributed by atoms with Crippen LogP contribution in [-0.4, -0.2) is 53.4 Å². The summed E-state index contributed by atoms with van der Waals surface area (Å²) in [5.41, 5.74) is 3.89. The lowest BCUT2D eigenvalue weighted by molar-refractivity contribution is 0.162. The highest BCUT2D eigenvalue weighted by Gasteiger charge is 2.28. The van der Waals surface area contributed by atoms with Crippen LogP contribution in [-0.2, 0) is 0 Å². The molecule has 2 amide bonds. The van der Waals surface area contributed by atoms with Gasteiger partial charge in [0.15, 0.2) is 5.75 Å². The fraction of sp³-hybridized carbons (Fsp3) is 0.417. The minimum absolute atomic E-state index is 0.00893. The average molecular weight is 407 g/mol. The van der Waals surface area contributed by atoms with Crippen molar-refractivity contribution in [3.05, 3.63) is 53.1 Å². The molecule has 0 unspecified atom stereocenters. The number of amides is 2. The van der Waals surface area contributed by atoms with E-state index in [9.17, 15) is 4.79 Å². The second kappa shape index (κ2) is 7.67. The van der Waals surface area contributed by atoms with E-state index < -0.39 is 0 Å². The predicted octanol–water partition coefficient (Wildman–Crippen LogP) is 4.61. The molecule has 4 rings (SSSR count). The molecule has 0 saturated carbocycles. The van der Waals surface area contributed by atoms with Gasteiger partial charge in [0.25, 0.3) is 0 Å². The van der Waals surface area contributed by atoms with Gasteiger partial charge in [0.2, 0.25) is 0 Å². The van der Waals surface area contributed by atoms with Crippen LogP contribution in [0.3, 0.4) is 0 Å². The van der Waals surface area contributed by atoms with Crippen LogP contribution >= 0.6 is 0 Å². The Kier molecular flexibility index (Phi) is 5.18. The van der Waals surface area contributed by atoms with E-state index in [0.29, 0.717) is 13.1 Å². The van der Waals surface area contributed by atoms with Gasteiger partial charge in [-0.1, -0.05) is 17.7 Å². The monoisotopic (exact) mass is 406 g/mol. The lowest BCUT2D eigenvalue weighted by Crippen LogP contribution is -2.56. The Balaban J connectivity index is 1.62. The molecule has 30 heavy (non-hydrogen) atoms. The van der Waals surface area contributed by atoms with Crippen molar-refractivity contribution >= 4 is 17.6 Å². The minimum Gasteiger partial charge on any atom is -0.454 e. The summed E-state index contributed by atoms with van der Waals surface area (Å²) in [5.74, 6) is 2.50. The van der Waals surface area contributed by atoms with E-state index in [2.05, 4.69) is 42.3 Å². The third-order valence-electron chi connectivity index (χ3n) is 5.29. The summed E-state index contributed by atoms with van der Waals surface area (Å²) in [4.78, 5) is 21.7. The van der Waals surface area contributed by atoms with Gasteiger partial charge >= 0.3 is 6.03 Å². The maximum Gasteiger partial charge on any atom is 0.317 e. The molecule has 0 aliphatic carbocycles. The summed E-state index contributed by atoms with van der Waals surface area (Å²) in [6.07, 6.45) is 0. The van der Waals surface area contributed by atoms with Crippen molar-refractivity contribution < 1.29 is 9.53 Å². The third kappa shape index (κ3) is 4.27. The van der Waals surface area contributed by atoms with Gasteiger partial charge in [-0.25, -0.2) is 9.79 Å². The Hall–Kier alpha value is -3.02. The molecule has 2 heterocycles. The van der Waals surface area contributed by atoms with Crippen LogP contribution < -0.4 is 10.1 Å². The Labute approximate surface area is 178 Å². The van der Waals surface area contributed by atoms with Gasteiger partial charge in [-0.2, -0.15) is 0 Å². The third-order valence-corrected chi connectivity index (χ3v) is 5.29. The van der Waals surface area contributed by atoms with Crippen molar-refractivity contribution in [2.24, 2.45) is 4.99 Å². The van der Waals surface area contributed by atoms with E-state index in [1.54, 1.807) is 0 Å². The first-order valence-corrected chi connectivity index (χ1v) is 10.5. The molecule has 0 spiro atoms. The highest BCUT2D eigenvalue weighted by Crippen LogP contribution is 2.39. The number of nitrogens with one attached hydrogen (secondary N) is 1. The van der Waals surface area contributed by atoms with Crippen LogP contribution in [0, 0.1) is 13.8 Å². The lowest BCUT2D eigenvalue weighted by atomic mass is 10.1. The molecule has 2 aromatic rings. The maximum absolute atomic E-state index is 12.5. The first-order chi connectivity index (χ1) is 14.2. The van der Waals surface area contributed by atoms with Crippen LogP contribution in [0.15, 0.2) is 41.4 Å². The Morgan fingerprint density at radius 2 is 1.63 bits per heavy atom. The van der Waals surface area contributed by atoms with Crippen LogP contribution in [0.4, 0.5) is 10.5 Å². The first-order valence-electron chi connectivity index (χ1n) is 10.5. The smallest absolute Gasteiger partial charge is 0.317 e. The Morgan fingerprint density at radius 1 is 0.967 bits per heavy atom. The number of urea groups is 1. The number of fused-ring (bicyclic) bond motifs is 2. The molecule has 6 heteroatoms. The minimum atomic E-state index is -0.241. The predicted molar refractivity (Wildman–Crippen MR) is 120 cm³/mol. The van der Waals surface area contributed by atoms with Crippen LogP contribution in [0.25, 0.3) is 0 Å². The summed E-state index contributed by atoms with van der Waals surface area (Å²) in [5, 5.41) is 3.05. The van der Waals surface area contributed by atoms with Gasteiger partial charge < -0.3 is 19.9 Å². The highest BCUT2D eigenvalue weighted by atomic mass is 16.5. The molecular formula is C24H30N4O2. The molecule has 1 N–H and O–H groups in total. The van der Waals surface area contributed by atoms with Crippen molar-refractivity contribution in [3.63, 3.8) is 0 Å². The second-order valence-corrected chi connectivity index (χ2v) is 9.16. The molecule has 0 radical (unpaired) electrons. The molecule has 158 valence electrons. The number of aliphatic imine (C=N–C) groups is 1. The summed E-state index contributed by atoms with van der Waals surface area (Å²) in [6.45, 7) is 12.9. The number of hydrogen-bond acceptors (Lipinski definition) is 4. The fourth-order valence-electron chi connectivity index (χ4n) is 3.76. The standard InChI is InChI=1S/C24H30N4O2/c1-16-7-9-20-18(14-16)22(25-19-8-6-17(2)15-21(19)30-20)27-10-12-28(13-11-27)23(29)26-24(3,4)5/h6-9,14-15H,10-13H2,1-5H3,(H,26,29). The van der Waals surface area contributed by atoms with Crippen LogP contribution in [0.1, 0.15) is 37.5 Å². The number of aryl methyl sites for hydroxylation is 2. The van der Waals surface area contributed by atoms with Crippen molar-refractivity contribution in [3.8, 4) is 11.5 Å². The zero-order valence-corrected chi connectivity index (χ0v) is 18.5. The number of nitrogens with zero attached hydrogens (tertiary/aromatic N) is 3. The van der Waals surface area contributed by atoms with Gasteiger partial charge in [0.05, 0.1) is 5.56 Å². The molecule has 2 aliphatic heterocycles. The van der Waals surface area contributed by atoms with E-state index in [1.165, 1.54) is 0 Å². The summed E-state index contributed by atoms with van der Waals surface area (Å²) >= 11 is 0. The topological polar surface area (TPSA) is 57.2 Å². The summed E-state index contributed by atoms with van der Waals surface area (Å²) < 4.78 is 6.26. The lowest BCUT2D eigenvalue weighted by Gasteiger charge is -2.37. The molecule has 6 nitrogen and oxygen atoms in total. The Bertz CT molecular complexity index is 999. The SMILES string of the molecule is Cc1ccc2c(c1)Oc1ccc(C)cc1C(N1CCN(C(=O)NC(C)(C)C)CC1)=N2. The largest absolute Gasteiger partial charge is 0.454 e. The van der Waals surface area contributed by atoms with E-state index in [4.69, 9.17) is 9.73 Å². The van der Waals surface area contributed by atoms with Crippen molar-refractivity contribution in [2.75, 3.05) is 26.2 Å². The van der Waals surface area contributed by atoms with Gasteiger partial charge in [0.1, 0.15) is 17.3 Å². The molecule has 0 bridgehead atoms. The van der Waals surface area contributed by atoms with Gasteiger partial charge in [-0.3, -0.25) is 0 Å². The van der Waals surface area contributed by atoms with E-state index in [1.807, 2.05) is 43.9 Å². The Morgan fingerprint density at radius 3 is 2.33 bits per heavy atom. The number of hydrogen-bond donors (Lipinski definition) is 1. The van der Waals surface area contributed by atoms with Gasteiger partial charge in [-0.05, 0) is 64.4 Å². The second-order valence-electron chi connectivity index (χ2n) is 9.16. The molecule has 1 fully saturated rings. The normalized spacial score (nSPS) is 16.1. The van der Waals surface area contributed by atoms with E-state index in [-0.39, 0.29) is 11.6 Å². The van der Waals surface area contributed by atoms with Gasteiger partial charge in [-0.15, -0.1) is 0 Å². The van der Waals surface area contributed by atoms with Gasteiger partial charge in [0, 0.05) is 31.7 Å². The quantitative estimate of drug-likeness (QED) is 0.695. The van der Waals surface area contributed by atoms with Crippen molar-refractivity contribution in [1.82, 2.24) is 15.1 Å². The fourth-order valence-corrected chi connectivity index (χ4v) is 3.76. The van der Waals surface area contributed by atoms with E-state index in [0.717, 1.165) is 52.8 Å². The van der Waals surface area contributed by atoms with Crippen LogP contribution in [0.2, 0.25) is 0 Å². The summed E-state index contributed by atoms with van der Waals surface area (Å²) in [7, 11) is 0. The number of piperazine rings is 1. The molecule has 2 aromatic carbocycles. The van der Waals surface area contributed by atoms with Crippen LogP contribution in [0.5, 0.6) is 11.5 Å². The molecular weight excluding hydrogens is 376 g/mol. The van der Waals surface area contributed by atoms with E-state index >= 15 is 0 Å². The molecule has 2 aliphatic rings. The number of rotatable bonds is 0. The number of ether oxygens (including phenoxy) is 1. The molecule has 1 saturated heterocycles. The first kappa shape index (κ1) is 20.3. The zero-order valence-electron chi connectivity index (χ0n) is 18.5. The average Bonchev–Trinajstić information content (AvgIpc) is 2.83. The number of amidine groups is 1. The summed E-state index contributed by atoms with van der Waals surface area (Å²) in [6, 6.07) is 12.3. The molecule has 0 aromatic heterocycles. The molecule has 0 atom stereocenters. The number of carbonyl (C=O) groups is 1. The number of carbonyl (C=O) groups excluding carboxylic acids is 1. The van der Waals surface area contributed by atoms with Crippen molar-refractivity contribution in [2.45, 2.75) is 40.2 Å². The maximum atomic E-state index is 12.5.